The molecule has 0 unspecified atom stereocenters. The molecule has 3 aromatic rings. The molecular formula is C23H25ClN4O3. The van der Waals surface area contributed by atoms with Crippen molar-refractivity contribution >= 4 is 40.0 Å². The molecule has 4 rings (SSSR count). The smallest absolute Gasteiger partial charge is 0.242 e. The van der Waals surface area contributed by atoms with E-state index in [2.05, 4.69) is 10.2 Å². The van der Waals surface area contributed by atoms with Gasteiger partial charge in [-0.3, -0.25) is 9.59 Å². The monoisotopic (exact) mass is 440 g/mol. The summed E-state index contributed by atoms with van der Waals surface area (Å²) in [4.78, 5) is 28.9. The quantitative estimate of drug-likeness (QED) is 0.640. The zero-order valence-corrected chi connectivity index (χ0v) is 18.1. The summed E-state index contributed by atoms with van der Waals surface area (Å²) >= 11 is 5.95. The van der Waals surface area contributed by atoms with Crippen LogP contribution < -0.4 is 15.0 Å². The standard InChI is InChI=1S/C23H25ClN4O3/c1-31-20-6-7-21-17(14-20)8-9-28(21)16-22(29)25-15-23(30)27-12-10-26(11-13-27)19-4-2-18(24)3-5-19/h2-9,14H,10-13,15-16H2,1H3,(H,25,29). The molecule has 1 saturated heterocycles. The van der Waals surface area contributed by atoms with Crippen LogP contribution in [0.4, 0.5) is 5.69 Å². The third kappa shape index (κ3) is 4.94. The van der Waals surface area contributed by atoms with Gasteiger partial charge in [-0.1, -0.05) is 11.6 Å². The molecule has 1 aliphatic rings. The van der Waals surface area contributed by atoms with Crippen LogP contribution in [-0.4, -0.2) is 61.1 Å². The molecule has 8 heteroatoms. The zero-order valence-electron chi connectivity index (χ0n) is 17.4. The van der Waals surface area contributed by atoms with Crippen molar-refractivity contribution in [3.63, 3.8) is 0 Å². The molecule has 0 saturated carbocycles. The third-order valence-electron chi connectivity index (χ3n) is 5.55. The second kappa shape index (κ2) is 9.31. The van der Waals surface area contributed by atoms with Crippen LogP contribution in [0.15, 0.2) is 54.7 Å². The number of carbonyl (C=O) groups excluding carboxylic acids is 2. The molecule has 1 aliphatic heterocycles. The Labute approximate surface area is 186 Å². The van der Waals surface area contributed by atoms with Crippen molar-refractivity contribution in [1.29, 1.82) is 0 Å². The molecule has 2 amide bonds. The van der Waals surface area contributed by atoms with E-state index >= 15 is 0 Å². The number of rotatable bonds is 6. The molecule has 2 aromatic carbocycles. The predicted molar refractivity (Wildman–Crippen MR) is 122 cm³/mol. The lowest BCUT2D eigenvalue weighted by atomic mass is 10.2. The Morgan fingerprint density at radius 3 is 2.48 bits per heavy atom. The molecule has 162 valence electrons. The average molecular weight is 441 g/mol. The van der Waals surface area contributed by atoms with E-state index in [1.54, 1.807) is 12.0 Å². The maximum absolute atomic E-state index is 12.5. The molecule has 1 aromatic heterocycles. The summed E-state index contributed by atoms with van der Waals surface area (Å²) in [6.07, 6.45) is 1.86. The number of fused-ring (bicyclic) bond motifs is 1. The topological polar surface area (TPSA) is 66.8 Å². The first-order valence-electron chi connectivity index (χ1n) is 10.2. The van der Waals surface area contributed by atoms with Gasteiger partial charge in [0.1, 0.15) is 12.3 Å². The molecule has 0 bridgehead atoms. The first-order chi connectivity index (χ1) is 15.0. The molecule has 2 heterocycles. The van der Waals surface area contributed by atoms with Gasteiger partial charge in [-0.2, -0.15) is 0 Å². The van der Waals surface area contributed by atoms with Crippen LogP contribution in [0.1, 0.15) is 0 Å². The van der Waals surface area contributed by atoms with Crippen molar-refractivity contribution in [3.8, 4) is 5.75 Å². The fraction of sp³-hybridized carbons (Fsp3) is 0.304. The van der Waals surface area contributed by atoms with E-state index in [1.165, 1.54) is 0 Å². The predicted octanol–water partition coefficient (Wildman–Crippen LogP) is 2.77. The number of aromatic nitrogens is 1. The Kier molecular flexibility index (Phi) is 6.32. The minimum absolute atomic E-state index is 0.00675. The number of nitrogens with one attached hydrogen (secondary N) is 1. The Hall–Kier alpha value is -3.19. The number of benzene rings is 2. The number of hydrogen-bond acceptors (Lipinski definition) is 4. The van der Waals surface area contributed by atoms with Gasteiger partial charge in [-0.05, 0) is 48.5 Å². The summed E-state index contributed by atoms with van der Waals surface area (Å²) in [5.74, 6) is 0.518. The number of halogens is 1. The number of methoxy groups -OCH3 is 1. The minimum atomic E-state index is -0.193. The van der Waals surface area contributed by atoms with E-state index in [0.29, 0.717) is 18.1 Å². The highest BCUT2D eigenvalue weighted by molar-refractivity contribution is 6.30. The lowest BCUT2D eigenvalue weighted by Crippen LogP contribution is -2.51. The van der Waals surface area contributed by atoms with Crippen LogP contribution >= 0.6 is 11.6 Å². The second-order valence-electron chi connectivity index (χ2n) is 7.49. The van der Waals surface area contributed by atoms with Crippen molar-refractivity contribution in [3.05, 3.63) is 59.8 Å². The minimum Gasteiger partial charge on any atom is -0.497 e. The second-order valence-corrected chi connectivity index (χ2v) is 7.93. The number of anilines is 1. The van der Waals surface area contributed by atoms with Gasteiger partial charge in [0.2, 0.25) is 11.8 Å². The summed E-state index contributed by atoms with van der Waals surface area (Å²) < 4.78 is 7.09. The SMILES string of the molecule is COc1ccc2c(ccn2CC(=O)NCC(=O)N2CCN(c3ccc(Cl)cc3)CC2)c1. The van der Waals surface area contributed by atoms with Crippen molar-refractivity contribution in [2.45, 2.75) is 6.54 Å². The van der Waals surface area contributed by atoms with Gasteiger partial charge in [0.25, 0.3) is 0 Å². The normalized spacial score (nSPS) is 14.0. The molecule has 1 N–H and O–H groups in total. The van der Waals surface area contributed by atoms with Gasteiger partial charge in [0.05, 0.1) is 13.7 Å². The lowest BCUT2D eigenvalue weighted by molar-refractivity contribution is -0.133. The summed E-state index contributed by atoms with van der Waals surface area (Å²) in [5.41, 5.74) is 2.04. The fourth-order valence-corrected chi connectivity index (χ4v) is 3.93. The average Bonchev–Trinajstić information content (AvgIpc) is 3.19. The number of piperazine rings is 1. The van der Waals surface area contributed by atoms with Gasteiger partial charge in [0.15, 0.2) is 0 Å². The highest BCUT2D eigenvalue weighted by atomic mass is 35.5. The van der Waals surface area contributed by atoms with E-state index in [-0.39, 0.29) is 24.9 Å². The number of carbonyl (C=O) groups is 2. The summed E-state index contributed by atoms with van der Waals surface area (Å²) in [6, 6.07) is 15.4. The van der Waals surface area contributed by atoms with Gasteiger partial charge in [0, 0.05) is 54.0 Å². The van der Waals surface area contributed by atoms with Crippen LogP contribution in [0.3, 0.4) is 0 Å². The summed E-state index contributed by atoms with van der Waals surface area (Å²) in [7, 11) is 1.63. The van der Waals surface area contributed by atoms with E-state index in [1.807, 2.05) is 59.3 Å². The molecule has 0 atom stereocenters. The van der Waals surface area contributed by atoms with E-state index < -0.39 is 0 Å². The molecule has 0 aliphatic carbocycles. The Morgan fingerprint density at radius 1 is 1.03 bits per heavy atom. The fourth-order valence-electron chi connectivity index (χ4n) is 3.81. The van der Waals surface area contributed by atoms with Crippen molar-refractivity contribution in [2.75, 3.05) is 44.7 Å². The third-order valence-corrected chi connectivity index (χ3v) is 5.81. The highest BCUT2D eigenvalue weighted by Gasteiger charge is 2.21. The van der Waals surface area contributed by atoms with Crippen LogP contribution in [0, 0.1) is 0 Å². The molecule has 1 fully saturated rings. The summed E-state index contributed by atoms with van der Waals surface area (Å²) in [5, 5.41) is 4.46. The molecule has 0 radical (unpaired) electrons. The lowest BCUT2D eigenvalue weighted by Gasteiger charge is -2.36. The highest BCUT2D eigenvalue weighted by Crippen LogP contribution is 2.22. The number of nitrogens with zero attached hydrogens (tertiary/aromatic N) is 3. The molecule has 0 spiro atoms. The number of ether oxygens (including phenoxy) is 1. The first-order valence-corrected chi connectivity index (χ1v) is 10.6. The van der Waals surface area contributed by atoms with Crippen LogP contribution in [0.5, 0.6) is 5.75 Å². The van der Waals surface area contributed by atoms with E-state index in [0.717, 1.165) is 35.4 Å². The van der Waals surface area contributed by atoms with Crippen molar-refractivity contribution in [2.24, 2.45) is 0 Å². The van der Waals surface area contributed by atoms with Gasteiger partial charge in [-0.25, -0.2) is 0 Å². The number of hydrogen-bond donors (Lipinski definition) is 1. The molecule has 7 nitrogen and oxygen atoms in total. The Bertz CT molecular complexity index is 1070. The van der Waals surface area contributed by atoms with Crippen LogP contribution in [0.2, 0.25) is 5.02 Å². The van der Waals surface area contributed by atoms with E-state index in [4.69, 9.17) is 16.3 Å². The first kappa shape index (κ1) is 21.1. The van der Waals surface area contributed by atoms with Crippen molar-refractivity contribution in [1.82, 2.24) is 14.8 Å². The maximum Gasteiger partial charge on any atom is 0.242 e. The van der Waals surface area contributed by atoms with Crippen LogP contribution in [0.25, 0.3) is 10.9 Å². The molecule has 31 heavy (non-hydrogen) atoms. The summed E-state index contributed by atoms with van der Waals surface area (Å²) in [6.45, 7) is 2.92. The Balaban J connectivity index is 1.25. The van der Waals surface area contributed by atoms with Gasteiger partial charge >= 0.3 is 0 Å². The number of amides is 2. The van der Waals surface area contributed by atoms with Crippen molar-refractivity contribution < 1.29 is 14.3 Å². The zero-order chi connectivity index (χ0) is 21.8. The Morgan fingerprint density at radius 2 is 1.77 bits per heavy atom. The largest absolute Gasteiger partial charge is 0.497 e. The maximum atomic E-state index is 12.5. The van der Waals surface area contributed by atoms with Gasteiger partial charge in [-0.15, -0.1) is 0 Å². The van der Waals surface area contributed by atoms with Crippen LogP contribution in [-0.2, 0) is 16.1 Å². The van der Waals surface area contributed by atoms with Gasteiger partial charge < -0.3 is 24.4 Å². The van der Waals surface area contributed by atoms with E-state index in [9.17, 15) is 9.59 Å². The molecular weight excluding hydrogens is 416 g/mol.